The number of unbranched alkanes of at least 4 members (excludes halogenated alkanes) is 2. The van der Waals surface area contributed by atoms with E-state index in [2.05, 4.69) is 11.7 Å². The predicted molar refractivity (Wildman–Crippen MR) is 194 cm³/mol. The van der Waals surface area contributed by atoms with Crippen molar-refractivity contribution < 1.29 is 57.9 Å². The number of rotatable bonds is 20. The van der Waals surface area contributed by atoms with Crippen molar-refractivity contribution in [3.05, 3.63) is 0 Å². The summed E-state index contributed by atoms with van der Waals surface area (Å²) in [5, 5.41) is 17.7. The van der Waals surface area contributed by atoms with Gasteiger partial charge >= 0.3 is 35.8 Å². The van der Waals surface area contributed by atoms with Crippen LogP contribution in [-0.4, -0.2) is 73.5 Å². The average molecular weight is 721 g/mol. The van der Waals surface area contributed by atoms with Gasteiger partial charge in [0.2, 0.25) is 0 Å². The first-order valence-electron chi connectivity index (χ1n) is 18.1. The molecule has 0 aliphatic rings. The van der Waals surface area contributed by atoms with E-state index < -0.39 is 40.6 Å². The van der Waals surface area contributed by atoms with Gasteiger partial charge in [-0.1, -0.05) is 68.2 Å². The SMILES string of the molecule is CCC(C)(C)C(=O)O.CCC(C)C(=O)OC.CCCCOC(=O)C(C)CC.CCCCOC(=O)C(CC(CC)C(=O)OC)CC(C)(C)C(=O)O. The first-order valence-corrected chi connectivity index (χ1v) is 18.1. The van der Waals surface area contributed by atoms with Crippen LogP contribution in [0.2, 0.25) is 0 Å². The topological polar surface area (TPSA) is 180 Å². The van der Waals surface area contributed by atoms with Crippen LogP contribution in [-0.2, 0) is 47.7 Å². The molecule has 0 aliphatic heterocycles. The van der Waals surface area contributed by atoms with Gasteiger partial charge in [0.1, 0.15) is 0 Å². The zero-order valence-electron chi connectivity index (χ0n) is 33.8. The van der Waals surface area contributed by atoms with E-state index in [-0.39, 0.29) is 42.6 Å². The molecule has 0 aromatic rings. The number of aliphatic carboxylic acids is 2. The summed E-state index contributed by atoms with van der Waals surface area (Å²) in [6, 6.07) is 0. The molecule has 0 rings (SSSR count). The summed E-state index contributed by atoms with van der Waals surface area (Å²) >= 11 is 0. The third kappa shape index (κ3) is 26.7. The standard InChI is InChI=1S/C17H30O6.C9H18O2.2C6H12O2/c1-6-8-9-23-15(19)13(11-17(3,4)16(20)21)10-12(7-2)14(18)22-5;1-4-6-7-11-9(10)8(3)5-2;1-4-6(2,3)5(7)8;1-4-5(2)6(7)8-3/h12-13H,6-11H2,1-5H3,(H,20,21);8H,4-7H2,1-3H3;4H2,1-3H3,(H,7,8);5H,4H2,1-3H3. The first kappa shape index (κ1) is 53.6. The molecule has 4 unspecified atom stereocenters. The fourth-order valence-electron chi connectivity index (χ4n) is 3.49. The predicted octanol–water partition coefficient (Wildman–Crippen LogP) is 8.12. The van der Waals surface area contributed by atoms with Gasteiger partial charge in [0.15, 0.2) is 0 Å². The Morgan fingerprint density at radius 2 is 0.960 bits per heavy atom. The molecule has 0 aromatic heterocycles. The van der Waals surface area contributed by atoms with E-state index in [9.17, 15) is 33.9 Å². The number of carbonyl (C=O) groups excluding carboxylic acids is 4. The van der Waals surface area contributed by atoms with E-state index in [1.165, 1.54) is 14.2 Å². The molecule has 0 aromatic carbocycles. The minimum Gasteiger partial charge on any atom is -0.481 e. The fraction of sp³-hybridized carbons (Fsp3) is 0.842. The van der Waals surface area contributed by atoms with Gasteiger partial charge in [-0.3, -0.25) is 28.8 Å². The molecule has 2 N–H and O–H groups in total. The van der Waals surface area contributed by atoms with Crippen molar-refractivity contribution in [3.8, 4) is 0 Å². The van der Waals surface area contributed by atoms with Gasteiger partial charge in [0, 0.05) is 0 Å². The second-order valence-corrected chi connectivity index (χ2v) is 13.7. The lowest BCUT2D eigenvalue weighted by Gasteiger charge is -2.26. The number of methoxy groups -OCH3 is 2. The first-order chi connectivity index (χ1) is 23.1. The monoisotopic (exact) mass is 721 g/mol. The molecule has 12 nitrogen and oxygen atoms in total. The molecule has 12 heteroatoms. The Kier molecular flexibility index (Phi) is 32.8. The van der Waals surface area contributed by atoms with Gasteiger partial charge < -0.3 is 29.2 Å². The van der Waals surface area contributed by atoms with Crippen LogP contribution in [0.5, 0.6) is 0 Å². The lowest BCUT2D eigenvalue weighted by atomic mass is 9.79. The lowest BCUT2D eigenvalue weighted by molar-refractivity contribution is -0.156. The zero-order valence-corrected chi connectivity index (χ0v) is 33.8. The highest BCUT2D eigenvalue weighted by Crippen LogP contribution is 2.31. The molecule has 4 atom stereocenters. The van der Waals surface area contributed by atoms with Crippen molar-refractivity contribution in [1.82, 2.24) is 0 Å². The average Bonchev–Trinajstić information content (AvgIpc) is 3.09. The Morgan fingerprint density at radius 1 is 0.560 bits per heavy atom. The Morgan fingerprint density at radius 3 is 1.24 bits per heavy atom. The summed E-state index contributed by atoms with van der Waals surface area (Å²) in [6.07, 6.45) is 7.01. The van der Waals surface area contributed by atoms with Crippen LogP contribution in [0.1, 0.15) is 147 Å². The number of hydrogen-bond acceptors (Lipinski definition) is 10. The Labute approximate surface area is 302 Å². The van der Waals surface area contributed by atoms with Gasteiger partial charge in [-0.2, -0.15) is 0 Å². The summed E-state index contributed by atoms with van der Waals surface area (Å²) in [5.41, 5.74) is -1.61. The summed E-state index contributed by atoms with van der Waals surface area (Å²) < 4.78 is 19.5. The highest BCUT2D eigenvalue weighted by atomic mass is 16.5. The Hall–Kier alpha value is -3.18. The largest absolute Gasteiger partial charge is 0.481 e. The van der Waals surface area contributed by atoms with Crippen molar-refractivity contribution in [2.45, 2.75) is 147 Å². The third-order valence-electron chi connectivity index (χ3n) is 8.44. The van der Waals surface area contributed by atoms with E-state index >= 15 is 0 Å². The number of carboxylic acid groups (broad SMARTS) is 2. The molecule has 0 aliphatic carbocycles. The maximum atomic E-state index is 12.3. The van der Waals surface area contributed by atoms with Crippen LogP contribution >= 0.6 is 0 Å². The minimum absolute atomic E-state index is 0.0547. The van der Waals surface area contributed by atoms with Gasteiger partial charge in [-0.25, -0.2) is 0 Å². The van der Waals surface area contributed by atoms with Crippen molar-refractivity contribution >= 4 is 35.8 Å². The maximum Gasteiger partial charge on any atom is 0.309 e. The van der Waals surface area contributed by atoms with Crippen molar-refractivity contribution in [3.63, 3.8) is 0 Å². The molecule has 0 heterocycles. The smallest absolute Gasteiger partial charge is 0.309 e. The van der Waals surface area contributed by atoms with Crippen LogP contribution in [0, 0.1) is 34.5 Å². The van der Waals surface area contributed by atoms with E-state index in [0.29, 0.717) is 26.1 Å². The van der Waals surface area contributed by atoms with Crippen LogP contribution in [0.25, 0.3) is 0 Å². The highest BCUT2D eigenvalue weighted by molar-refractivity contribution is 5.78. The van der Waals surface area contributed by atoms with Crippen molar-refractivity contribution in [2.24, 2.45) is 34.5 Å². The van der Waals surface area contributed by atoms with Crippen LogP contribution in [0.3, 0.4) is 0 Å². The second-order valence-electron chi connectivity index (χ2n) is 13.7. The number of esters is 4. The van der Waals surface area contributed by atoms with Crippen LogP contribution < -0.4 is 0 Å². The Balaban J connectivity index is -0.000000323. The lowest BCUT2D eigenvalue weighted by Crippen LogP contribution is -2.33. The van der Waals surface area contributed by atoms with Gasteiger partial charge in [-0.05, 0) is 79.1 Å². The van der Waals surface area contributed by atoms with Gasteiger partial charge in [0.25, 0.3) is 0 Å². The van der Waals surface area contributed by atoms with E-state index in [1.807, 2.05) is 48.5 Å². The molecular formula is C38H72O12. The molecule has 0 spiro atoms. The quantitative estimate of drug-likeness (QED) is 0.0701. The molecule has 0 saturated heterocycles. The molecule has 50 heavy (non-hydrogen) atoms. The van der Waals surface area contributed by atoms with Crippen LogP contribution in [0.4, 0.5) is 0 Å². The normalized spacial score (nSPS) is 13.1. The molecule has 0 amide bonds. The second kappa shape index (κ2) is 30.6. The van der Waals surface area contributed by atoms with E-state index in [4.69, 9.17) is 19.3 Å². The highest BCUT2D eigenvalue weighted by Gasteiger charge is 2.37. The Bertz CT molecular complexity index is 955. The summed E-state index contributed by atoms with van der Waals surface area (Å²) in [7, 11) is 2.72. The molecule has 0 fully saturated rings. The van der Waals surface area contributed by atoms with E-state index in [0.717, 1.165) is 38.5 Å². The number of carboxylic acids is 2. The fourth-order valence-corrected chi connectivity index (χ4v) is 3.49. The minimum atomic E-state index is -1.07. The summed E-state index contributed by atoms with van der Waals surface area (Å²) in [6.45, 7) is 22.9. The molecule has 0 saturated carbocycles. The van der Waals surface area contributed by atoms with Crippen LogP contribution in [0.15, 0.2) is 0 Å². The van der Waals surface area contributed by atoms with E-state index in [1.54, 1.807) is 27.7 Å². The summed E-state index contributed by atoms with van der Waals surface area (Å²) in [4.78, 5) is 67.2. The molecular weight excluding hydrogens is 648 g/mol. The number of ether oxygens (including phenoxy) is 4. The molecule has 0 radical (unpaired) electrons. The van der Waals surface area contributed by atoms with Crippen molar-refractivity contribution in [2.75, 3.05) is 27.4 Å². The molecule has 0 bridgehead atoms. The maximum absolute atomic E-state index is 12.3. The molecule has 296 valence electrons. The van der Waals surface area contributed by atoms with Gasteiger partial charge in [0.05, 0.1) is 61.9 Å². The van der Waals surface area contributed by atoms with Gasteiger partial charge in [-0.15, -0.1) is 0 Å². The number of carbonyl (C=O) groups is 6. The number of hydrogen-bond donors (Lipinski definition) is 2. The summed E-state index contributed by atoms with van der Waals surface area (Å²) in [5.74, 6) is -3.65. The van der Waals surface area contributed by atoms with Crippen molar-refractivity contribution in [1.29, 1.82) is 0 Å². The zero-order chi connectivity index (χ0) is 40.1. The third-order valence-corrected chi connectivity index (χ3v) is 8.44.